The molecule has 0 radical (unpaired) electrons. The van der Waals surface area contributed by atoms with Crippen LogP contribution >= 0.6 is 11.6 Å². The maximum Gasteiger partial charge on any atom is 0.182 e. The minimum atomic E-state index is -0.322. The number of carbonyl (C=O) groups is 1. The van der Waals surface area contributed by atoms with Crippen LogP contribution in [0.15, 0.2) is 12.1 Å². The van der Waals surface area contributed by atoms with Crippen molar-refractivity contribution in [3.8, 4) is 6.07 Å². The maximum absolute atomic E-state index is 11.4. The Morgan fingerprint density at radius 3 is 2.94 bits per heavy atom. The van der Waals surface area contributed by atoms with Crippen LogP contribution in [0, 0.1) is 18.3 Å². The Balaban J connectivity index is 2.25. The number of benzene rings is 1. The molecule has 1 saturated heterocycles. The first-order chi connectivity index (χ1) is 8.13. The Morgan fingerprint density at radius 2 is 2.35 bits per heavy atom. The largest absolute Gasteiger partial charge is 0.373 e. The highest BCUT2D eigenvalue weighted by Crippen LogP contribution is 2.27. The van der Waals surface area contributed by atoms with Crippen LogP contribution in [0.3, 0.4) is 0 Å². The number of ether oxygens (including phenoxy) is 1. The molecule has 2 rings (SSSR count). The summed E-state index contributed by atoms with van der Waals surface area (Å²) in [7, 11) is 0. The normalized spacial score (nSPS) is 19.1. The van der Waals surface area contributed by atoms with Gasteiger partial charge in [0.1, 0.15) is 18.7 Å². The van der Waals surface area contributed by atoms with Crippen molar-refractivity contribution in [2.75, 3.05) is 18.5 Å². The standard InChI is InChI=1S/C12H11ClN2O2/c1-7-9(3-2-8(4-14)12(7)13)15-10-5-17-6-11(10)16/h2-3,10,15H,5-6H2,1H3. The van der Waals surface area contributed by atoms with Gasteiger partial charge < -0.3 is 10.1 Å². The van der Waals surface area contributed by atoms with E-state index in [0.29, 0.717) is 17.2 Å². The number of carbonyl (C=O) groups excluding carboxylic acids is 1. The van der Waals surface area contributed by atoms with Gasteiger partial charge in [-0.3, -0.25) is 4.79 Å². The lowest BCUT2D eigenvalue weighted by atomic mass is 10.1. The van der Waals surface area contributed by atoms with Gasteiger partial charge in [0.05, 0.1) is 17.2 Å². The molecule has 4 nitrogen and oxygen atoms in total. The number of nitriles is 1. The van der Waals surface area contributed by atoms with E-state index in [1.165, 1.54) is 0 Å². The van der Waals surface area contributed by atoms with Gasteiger partial charge in [0, 0.05) is 5.69 Å². The van der Waals surface area contributed by atoms with Crippen molar-refractivity contribution in [1.29, 1.82) is 5.26 Å². The number of halogens is 1. The van der Waals surface area contributed by atoms with E-state index in [2.05, 4.69) is 5.32 Å². The summed E-state index contributed by atoms with van der Waals surface area (Å²) in [5.74, 6) is 0.0323. The van der Waals surface area contributed by atoms with Gasteiger partial charge in [-0.25, -0.2) is 0 Å². The maximum atomic E-state index is 11.4. The molecule has 1 unspecified atom stereocenters. The molecule has 0 aliphatic carbocycles. The molecule has 0 bridgehead atoms. The quantitative estimate of drug-likeness (QED) is 0.871. The highest BCUT2D eigenvalue weighted by molar-refractivity contribution is 6.32. The zero-order valence-corrected chi connectivity index (χ0v) is 10.0. The molecule has 88 valence electrons. The molecule has 0 saturated carbocycles. The van der Waals surface area contributed by atoms with Crippen LogP contribution in [-0.4, -0.2) is 25.0 Å². The molecule has 1 aromatic rings. The highest BCUT2D eigenvalue weighted by atomic mass is 35.5. The lowest BCUT2D eigenvalue weighted by Gasteiger charge is -2.14. The van der Waals surface area contributed by atoms with Gasteiger partial charge in [0.2, 0.25) is 0 Å². The molecule has 1 aromatic carbocycles. The van der Waals surface area contributed by atoms with E-state index in [9.17, 15) is 4.79 Å². The third-order valence-corrected chi connectivity index (χ3v) is 3.24. The van der Waals surface area contributed by atoms with Crippen molar-refractivity contribution in [3.05, 3.63) is 28.3 Å². The van der Waals surface area contributed by atoms with Gasteiger partial charge in [-0.15, -0.1) is 0 Å². The van der Waals surface area contributed by atoms with Gasteiger partial charge in [0.15, 0.2) is 5.78 Å². The number of hydrogen-bond donors (Lipinski definition) is 1. The van der Waals surface area contributed by atoms with Crippen molar-refractivity contribution >= 4 is 23.1 Å². The van der Waals surface area contributed by atoms with E-state index in [4.69, 9.17) is 21.6 Å². The van der Waals surface area contributed by atoms with Crippen molar-refractivity contribution in [1.82, 2.24) is 0 Å². The zero-order chi connectivity index (χ0) is 12.4. The minimum Gasteiger partial charge on any atom is -0.373 e. The Kier molecular flexibility index (Phi) is 3.32. The molecular formula is C12H11ClN2O2. The van der Waals surface area contributed by atoms with Gasteiger partial charge >= 0.3 is 0 Å². The summed E-state index contributed by atoms with van der Waals surface area (Å²) in [6, 6.07) is 5.08. The SMILES string of the molecule is Cc1c(NC2COCC2=O)ccc(C#N)c1Cl. The van der Waals surface area contributed by atoms with Crippen molar-refractivity contribution in [2.45, 2.75) is 13.0 Å². The number of rotatable bonds is 2. The molecule has 1 atom stereocenters. The topological polar surface area (TPSA) is 62.1 Å². The summed E-state index contributed by atoms with van der Waals surface area (Å²) in [6.45, 7) is 2.34. The molecule has 1 aliphatic rings. The molecule has 1 N–H and O–H groups in total. The van der Waals surface area contributed by atoms with E-state index in [1.54, 1.807) is 12.1 Å². The second kappa shape index (κ2) is 4.74. The number of Topliss-reactive ketones (excluding diaryl/α,β-unsaturated/α-hetero) is 1. The van der Waals surface area contributed by atoms with Gasteiger partial charge in [-0.1, -0.05) is 11.6 Å². The van der Waals surface area contributed by atoms with E-state index >= 15 is 0 Å². The third kappa shape index (κ3) is 2.26. The van der Waals surface area contributed by atoms with Gasteiger partial charge in [-0.2, -0.15) is 5.26 Å². The fraction of sp³-hybridized carbons (Fsp3) is 0.333. The number of nitrogens with zero attached hydrogens (tertiary/aromatic N) is 1. The summed E-state index contributed by atoms with van der Waals surface area (Å²) in [4.78, 5) is 11.4. The average Bonchev–Trinajstić information content (AvgIpc) is 2.71. The Hall–Kier alpha value is -1.57. The predicted octanol–water partition coefficient (Wildman–Crippen LogP) is 1.90. The smallest absolute Gasteiger partial charge is 0.182 e. The van der Waals surface area contributed by atoms with Gasteiger partial charge in [0.25, 0.3) is 0 Å². The van der Waals surface area contributed by atoms with Crippen LogP contribution < -0.4 is 5.32 Å². The summed E-state index contributed by atoms with van der Waals surface area (Å²) in [6.07, 6.45) is 0. The summed E-state index contributed by atoms with van der Waals surface area (Å²) >= 11 is 6.04. The van der Waals surface area contributed by atoms with E-state index in [0.717, 1.165) is 11.3 Å². The lowest BCUT2D eigenvalue weighted by molar-refractivity contribution is -0.118. The first-order valence-electron chi connectivity index (χ1n) is 5.19. The van der Waals surface area contributed by atoms with Crippen LogP contribution in [0.1, 0.15) is 11.1 Å². The molecule has 17 heavy (non-hydrogen) atoms. The number of nitrogens with one attached hydrogen (secondary N) is 1. The molecule has 0 aromatic heterocycles. The highest BCUT2D eigenvalue weighted by Gasteiger charge is 2.25. The number of hydrogen-bond acceptors (Lipinski definition) is 4. The summed E-state index contributed by atoms with van der Waals surface area (Å²) in [5, 5.41) is 12.3. The van der Waals surface area contributed by atoms with E-state index in [1.807, 2.05) is 13.0 Å². The monoisotopic (exact) mass is 250 g/mol. The zero-order valence-electron chi connectivity index (χ0n) is 9.29. The Morgan fingerprint density at radius 1 is 1.59 bits per heavy atom. The fourth-order valence-electron chi connectivity index (χ4n) is 1.71. The van der Waals surface area contributed by atoms with Crippen molar-refractivity contribution in [3.63, 3.8) is 0 Å². The van der Waals surface area contributed by atoms with Crippen LogP contribution in [0.25, 0.3) is 0 Å². The van der Waals surface area contributed by atoms with Crippen LogP contribution in [-0.2, 0) is 9.53 Å². The predicted molar refractivity (Wildman–Crippen MR) is 64.1 cm³/mol. The molecule has 1 heterocycles. The van der Waals surface area contributed by atoms with Gasteiger partial charge in [-0.05, 0) is 24.6 Å². The van der Waals surface area contributed by atoms with Crippen molar-refractivity contribution < 1.29 is 9.53 Å². The number of anilines is 1. The van der Waals surface area contributed by atoms with Crippen LogP contribution in [0.5, 0.6) is 0 Å². The molecule has 0 amide bonds. The molecule has 5 heteroatoms. The minimum absolute atomic E-state index is 0.0323. The second-order valence-electron chi connectivity index (χ2n) is 3.89. The van der Waals surface area contributed by atoms with E-state index < -0.39 is 0 Å². The Labute approximate surface area is 104 Å². The number of ketones is 1. The third-order valence-electron chi connectivity index (χ3n) is 2.75. The molecule has 1 fully saturated rings. The van der Waals surface area contributed by atoms with Crippen LogP contribution in [0.4, 0.5) is 5.69 Å². The first-order valence-corrected chi connectivity index (χ1v) is 5.57. The summed E-state index contributed by atoms with van der Waals surface area (Å²) in [5.41, 5.74) is 1.96. The Bertz CT molecular complexity index is 508. The summed E-state index contributed by atoms with van der Waals surface area (Å²) < 4.78 is 5.06. The molecular weight excluding hydrogens is 240 g/mol. The molecule has 1 aliphatic heterocycles. The average molecular weight is 251 g/mol. The second-order valence-corrected chi connectivity index (χ2v) is 4.27. The van der Waals surface area contributed by atoms with Crippen molar-refractivity contribution in [2.24, 2.45) is 0 Å². The van der Waals surface area contributed by atoms with Crippen LogP contribution in [0.2, 0.25) is 5.02 Å². The fourth-order valence-corrected chi connectivity index (χ4v) is 1.92. The van der Waals surface area contributed by atoms with E-state index in [-0.39, 0.29) is 18.4 Å². The molecule has 0 spiro atoms. The first kappa shape index (κ1) is 11.9. The lowest BCUT2D eigenvalue weighted by Crippen LogP contribution is -2.28.